The number of nitrogens with zero attached hydrogens (tertiary/aromatic N) is 1. The minimum Gasteiger partial charge on any atom is -0.368 e. The van der Waals surface area contributed by atoms with Gasteiger partial charge in [-0.2, -0.15) is 0 Å². The highest BCUT2D eigenvalue weighted by Crippen LogP contribution is 2.27. The van der Waals surface area contributed by atoms with Crippen LogP contribution in [0.3, 0.4) is 0 Å². The first-order chi connectivity index (χ1) is 11.7. The zero-order chi connectivity index (χ0) is 18.6. The minimum absolute atomic E-state index is 0.0302. The molecule has 2 amide bonds. The highest BCUT2D eigenvalue weighted by molar-refractivity contribution is 6.02. The van der Waals surface area contributed by atoms with Crippen molar-refractivity contribution in [2.24, 2.45) is 11.1 Å². The van der Waals surface area contributed by atoms with Crippen molar-refractivity contribution in [1.29, 1.82) is 0 Å². The van der Waals surface area contributed by atoms with Crippen molar-refractivity contribution >= 4 is 17.5 Å². The van der Waals surface area contributed by atoms with Crippen molar-refractivity contribution in [2.45, 2.75) is 52.6 Å². The number of benzene rings is 1. The van der Waals surface area contributed by atoms with Gasteiger partial charge in [0.15, 0.2) is 0 Å². The summed E-state index contributed by atoms with van der Waals surface area (Å²) in [4.78, 5) is 25.8. The minimum atomic E-state index is -0.445. The number of fused-ring (bicyclic) bond motifs is 1. The lowest BCUT2D eigenvalue weighted by Crippen LogP contribution is -2.45. The van der Waals surface area contributed by atoms with Crippen molar-refractivity contribution in [3.63, 3.8) is 0 Å². The van der Waals surface area contributed by atoms with Crippen LogP contribution in [0.15, 0.2) is 36.4 Å². The van der Waals surface area contributed by atoms with Crippen LogP contribution in [-0.2, 0) is 16.0 Å². The lowest BCUT2D eigenvalue weighted by molar-refractivity contribution is -0.119. The summed E-state index contributed by atoms with van der Waals surface area (Å²) in [5, 5.41) is 3.21. The Bertz CT molecular complexity index is 661. The van der Waals surface area contributed by atoms with Gasteiger partial charge >= 0.3 is 0 Å². The molecule has 2 rings (SSSR count). The molecule has 5 nitrogen and oxygen atoms in total. The van der Waals surface area contributed by atoms with Gasteiger partial charge in [-0.1, -0.05) is 45.0 Å². The molecule has 0 saturated carbocycles. The molecule has 0 spiro atoms. The van der Waals surface area contributed by atoms with E-state index in [0.29, 0.717) is 6.54 Å². The quantitative estimate of drug-likeness (QED) is 0.779. The van der Waals surface area contributed by atoms with E-state index in [1.165, 1.54) is 5.56 Å². The van der Waals surface area contributed by atoms with E-state index in [0.717, 1.165) is 18.5 Å². The number of para-hydroxylation sites is 1. The Kier molecular flexibility index (Phi) is 6.01. The first-order valence-electron chi connectivity index (χ1n) is 8.80. The summed E-state index contributed by atoms with van der Waals surface area (Å²) in [5.41, 5.74) is 7.61. The van der Waals surface area contributed by atoms with E-state index in [2.05, 4.69) is 32.2 Å². The number of rotatable bonds is 6. The smallest absolute Gasteiger partial charge is 0.250 e. The summed E-state index contributed by atoms with van der Waals surface area (Å²) in [6, 6.07) is 7.45. The maximum absolute atomic E-state index is 12.6. The number of hydrogen-bond donors (Lipinski definition) is 2. The molecule has 0 radical (unpaired) electrons. The molecule has 0 unspecified atom stereocenters. The van der Waals surface area contributed by atoms with Crippen LogP contribution < -0.4 is 16.0 Å². The van der Waals surface area contributed by atoms with Crippen LogP contribution in [0, 0.1) is 5.41 Å². The number of primary amides is 1. The molecule has 136 valence electrons. The van der Waals surface area contributed by atoms with Gasteiger partial charge < -0.3 is 10.6 Å². The van der Waals surface area contributed by atoms with Gasteiger partial charge in [-0.25, -0.2) is 0 Å². The maximum Gasteiger partial charge on any atom is 0.250 e. The molecule has 1 aromatic carbocycles. The highest BCUT2D eigenvalue weighted by atomic mass is 16.2. The Morgan fingerprint density at radius 2 is 2.00 bits per heavy atom. The predicted molar refractivity (Wildman–Crippen MR) is 101 cm³/mol. The van der Waals surface area contributed by atoms with E-state index >= 15 is 0 Å². The molecule has 3 N–H and O–H groups in total. The third-order valence-electron chi connectivity index (χ3n) is 4.35. The first kappa shape index (κ1) is 19.2. The fourth-order valence-electron chi connectivity index (χ4n) is 3.10. The summed E-state index contributed by atoms with van der Waals surface area (Å²) >= 11 is 0. The summed E-state index contributed by atoms with van der Waals surface area (Å²) < 4.78 is 0. The number of amides is 2. The van der Waals surface area contributed by atoms with Crippen molar-refractivity contribution < 1.29 is 9.59 Å². The van der Waals surface area contributed by atoms with Gasteiger partial charge in [0.25, 0.3) is 5.91 Å². The maximum atomic E-state index is 12.6. The molecule has 0 aromatic heterocycles. The first-order valence-corrected chi connectivity index (χ1v) is 8.80. The van der Waals surface area contributed by atoms with Gasteiger partial charge in [0.2, 0.25) is 5.91 Å². The number of nitrogens with one attached hydrogen (secondary N) is 1. The molecule has 0 saturated heterocycles. The molecule has 0 aliphatic carbocycles. The van der Waals surface area contributed by atoms with E-state index in [-0.39, 0.29) is 17.4 Å². The van der Waals surface area contributed by atoms with Crippen LogP contribution in [0.2, 0.25) is 0 Å². The summed E-state index contributed by atoms with van der Waals surface area (Å²) in [6.45, 7) is 8.83. The van der Waals surface area contributed by atoms with Gasteiger partial charge in [0.1, 0.15) is 0 Å². The topological polar surface area (TPSA) is 75.4 Å². The largest absolute Gasteiger partial charge is 0.368 e. The molecule has 25 heavy (non-hydrogen) atoms. The lowest BCUT2D eigenvalue weighted by Gasteiger charge is -2.26. The van der Waals surface area contributed by atoms with Gasteiger partial charge in [-0.3, -0.25) is 14.9 Å². The van der Waals surface area contributed by atoms with Crippen LogP contribution >= 0.6 is 0 Å². The number of nitrogens with two attached hydrogens (primary N) is 1. The predicted octanol–water partition coefficient (Wildman–Crippen LogP) is 2.40. The number of carbonyl (C=O) groups excluding carboxylic acids is 2. The average Bonchev–Trinajstić information content (AvgIpc) is 2.94. The number of hydrogen-bond acceptors (Lipinski definition) is 3. The SMILES string of the molecule is C[C@H](N[C@H](C=CC(=O)N1CCc2ccccc21)CC(C)(C)C)C(N)=O. The molecular formula is C20H29N3O2. The number of carbonyl (C=O) groups is 2. The van der Waals surface area contributed by atoms with E-state index < -0.39 is 11.9 Å². The van der Waals surface area contributed by atoms with Crippen LogP contribution in [0.4, 0.5) is 5.69 Å². The van der Waals surface area contributed by atoms with E-state index in [1.54, 1.807) is 17.9 Å². The number of anilines is 1. The van der Waals surface area contributed by atoms with Gasteiger partial charge in [-0.15, -0.1) is 0 Å². The van der Waals surface area contributed by atoms with Crippen molar-refractivity contribution in [1.82, 2.24) is 5.32 Å². The summed E-state index contributed by atoms with van der Waals surface area (Å²) in [5.74, 6) is -0.426. The Morgan fingerprint density at radius 3 is 2.64 bits per heavy atom. The standard InChI is InChI=1S/C20H29N3O2/c1-14(19(21)25)22-16(13-20(2,3)4)9-10-18(24)23-12-11-15-7-5-6-8-17(15)23/h5-10,14,16,22H,11-13H2,1-4H3,(H2,21,25)/t14-,16+/m0/s1. The van der Waals surface area contributed by atoms with E-state index in [1.807, 2.05) is 24.3 Å². The van der Waals surface area contributed by atoms with Crippen LogP contribution in [0.25, 0.3) is 0 Å². The molecule has 0 bridgehead atoms. The fraction of sp³-hybridized carbons (Fsp3) is 0.500. The average molecular weight is 343 g/mol. The van der Waals surface area contributed by atoms with Gasteiger partial charge in [-0.05, 0) is 36.8 Å². The molecule has 1 aromatic rings. The Hall–Kier alpha value is -2.14. The molecule has 1 heterocycles. The van der Waals surface area contributed by atoms with Crippen molar-refractivity contribution in [2.75, 3.05) is 11.4 Å². The highest BCUT2D eigenvalue weighted by Gasteiger charge is 2.24. The normalized spacial score (nSPS) is 16.7. The third kappa shape index (κ3) is 5.43. The van der Waals surface area contributed by atoms with Crippen molar-refractivity contribution in [3.8, 4) is 0 Å². The molecule has 2 atom stereocenters. The van der Waals surface area contributed by atoms with Crippen LogP contribution in [0.5, 0.6) is 0 Å². The van der Waals surface area contributed by atoms with Gasteiger partial charge in [0.05, 0.1) is 6.04 Å². The molecule has 1 aliphatic heterocycles. The van der Waals surface area contributed by atoms with E-state index in [4.69, 9.17) is 5.73 Å². The van der Waals surface area contributed by atoms with Crippen molar-refractivity contribution in [3.05, 3.63) is 42.0 Å². The Labute approximate surface area is 150 Å². The van der Waals surface area contributed by atoms with E-state index in [9.17, 15) is 9.59 Å². The molecule has 5 heteroatoms. The zero-order valence-electron chi connectivity index (χ0n) is 15.6. The molecule has 0 fully saturated rings. The lowest BCUT2D eigenvalue weighted by atomic mass is 9.87. The molecule has 1 aliphatic rings. The second kappa shape index (κ2) is 7.83. The Morgan fingerprint density at radius 1 is 1.32 bits per heavy atom. The monoisotopic (exact) mass is 343 g/mol. The third-order valence-corrected chi connectivity index (χ3v) is 4.35. The molecular weight excluding hydrogens is 314 g/mol. The summed E-state index contributed by atoms with van der Waals surface area (Å²) in [6.07, 6.45) is 5.15. The van der Waals surface area contributed by atoms with Crippen LogP contribution in [-0.4, -0.2) is 30.4 Å². The van der Waals surface area contributed by atoms with Crippen LogP contribution in [0.1, 0.15) is 39.7 Å². The fourth-order valence-corrected chi connectivity index (χ4v) is 3.10. The second-order valence-corrected chi connectivity index (χ2v) is 7.89. The summed E-state index contributed by atoms with van der Waals surface area (Å²) in [7, 11) is 0. The second-order valence-electron chi connectivity index (χ2n) is 7.89. The zero-order valence-corrected chi connectivity index (χ0v) is 15.6. The Balaban J connectivity index is 2.09. The van der Waals surface area contributed by atoms with Gasteiger partial charge in [0, 0.05) is 24.4 Å².